The third-order valence-electron chi connectivity index (χ3n) is 3.25. The third kappa shape index (κ3) is 3.06. The van der Waals surface area contributed by atoms with Crippen LogP contribution >= 0.6 is 11.3 Å². The van der Waals surface area contributed by atoms with Crippen LogP contribution in [0.5, 0.6) is 0 Å². The Labute approximate surface area is 123 Å². The standard InChI is InChI=1S/C11H17NO5S3/c1-9-8-18-10(7-13)11(9)20(16,17)12-3-2-5-19(14,15)6-4-12/h8,13H,2-7H2,1H3. The van der Waals surface area contributed by atoms with E-state index in [0.29, 0.717) is 16.9 Å². The van der Waals surface area contributed by atoms with Crippen LogP contribution in [0.2, 0.25) is 0 Å². The van der Waals surface area contributed by atoms with Crippen LogP contribution in [0.4, 0.5) is 0 Å². The highest BCUT2D eigenvalue weighted by Crippen LogP contribution is 2.30. The van der Waals surface area contributed by atoms with Gasteiger partial charge in [-0.1, -0.05) is 0 Å². The van der Waals surface area contributed by atoms with Gasteiger partial charge in [-0.05, 0) is 24.3 Å². The molecule has 114 valence electrons. The fourth-order valence-corrected chi connectivity index (χ4v) is 6.71. The summed E-state index contributed by atoms with van der Waals surface area (Å²) in [5.41, 5.74) is 0.589. The first kappa shape index (κ1) is 15.9. The molecule has 1 aliphatic heterocycles. The quantitative estimate of drug-likeness (QED) is 0.858. The van der Waals surface area contributed by atoms with Gasteiger partial charge in [0.1, 0.15) is 4.90 Å². The van der Waals surface area contributed by atoms with E-state index >= 15 is 0 Å². The topological polar surface area (TPSA) is 91.8 Å². The number of sulfone groups is 1. The SMILES string of the molecule is Cc1csc(CO)c1S(=O)(=O)N1CCCS(=O)(=O)CC1. The molecule has 0 radical (unpaired) electrons. The lowest BCUT2D eigenvalue weighted by Gasteiger charge is -2.20. The van der Waals surface area contributed by atoms with Crippen molar-refractivity contribution in [1.82, 2.24) is 4.31 Å². The van der Waals surface area contributed by atoms with Gasteiger partial charge in [-0.25, -0.2) is 16.8 Å². The molecule has 0 spiro atoms. The molecule has 0 aromatic carbocycles. The number of rotatable bonds is 3. The number of hydrogen-bond acceptors (Lipinski definition) is 6. The molecule has 9 heteroatoms. The largest absolute Gasteiger partial charge is 0.391 e. The Bertz CT molecular complexity index is 690. The summed E-state index contributed by atoms with van der Waals surface area (Å²) in [4.78, 5) is 0.527. The highest BCUT2D eigenvalue weighted by atomic mass is 32.2. The van der Waals surface area contributed by atoms with Crippen molar-refractivity contribution in [3.05, 3.63) is 15.8 Å². The van der Waals surface area contributed by atoms with E-state index in [2.05, 4.69) is 0 Å². The first-order chi connectivity index (χ1) is 9.28. The van der Waals surface area contributed by atoms with Crippen LogP contribution < -0.4 is 0 Å². The molecule has 0 atom stereocenters. The zero-order chi connectivity index (χ0) is 15.0. The Hall–Kier alpha value is -0.480. The van der Waals surface area contributed by atoms with Gasteiger partial charge in [0.25, 0.3) is 0 Å². The van der Waals surface area contributed by atoms with E-state index in [1.165, 1.54) is 15.6 Å². The van der Waals surface area contributed by atoms with E-state index in [9.17, 15) is 21.9 Å². The zero-order valence-corrected chi connectivity index (χ0v) is 13.5. The van der Waals surface area contributed by atoms with Crippen molar-refractivity contribution < 1.29 is 21.9 Å². The van der Waals surface area contributed by atoms with E-state index < -0.39 is 19.9 Å². The van der Waals surface area contributed by atoms with E-state index in [4.69, 9.17) is 0 Å². The summed E-state index contributed by atoms with van der Waals surface area (Å²) in [6.45, 7) is 1.52. The van der Waals surface area contributed by atoms with Gasteiger partial charge in [0.15, 0.2) is 9.84 Å². The number of aliphatic hydroxyl groups is 1. The molecule has 0 aliphatic carbocycles. The van der Waals surface area contributed by atoms with Crippen molar-refractivity contribution in [2.45, 2.75) is 24.8 Å². The minimum Gasteiger partial charge on any atom is -0.391 e. The smallest absolute Gasteiger partial charge is 0.244 e. The molecule has 0 amide bonds. The Morgan fingerprint density at radius 1 is 1.35 bits per heavy atom. The highest BCUT2D eigenvalue weighted by molar-refractivity contribution is 7.91. The van der Waals surface area contributed by atoms with Crippen molar-refractivity contribution in [1.29, 1.82) is 0 Å². The molecule has 20 heavy (non-hydrogen) atoms. The second kappa shape index (κ2) is 5.72. The molecule has 2 rings (SSSR count). The minimum atomic E-state index is -3.75. The maximum absolute atomic E-state index is 12.6. The van der Waals surface area contributed by atoms with Gasteiger partial charge < -0.3 is 5.11 Å². The number of hydrogen-bond donors (Lipinski definition) is 1. The average Bonchev–Trinajstić information content (AvgIpc) is 2.64. The van der Waals surface area contributed by atoms with Crippen LogP contribution in [-0.4, -0.2) is 50.8 Å². The first-order valence-electron chi connectivity index (χ1n) is 6.16. The van der Waals surface area contributed by atoms with Gasteiger partial charge in [0.2, 0.25) is 10.0 Å². The Kier molecular flexibility index (Phi) is 4.55. The van der Waals surface area contributed by atoms with Gasteiger partial charge in [0, 0.05) is 13.1 Å². The molecular formula is C11H17NO5S3. The summed E-state index contributed by atoms with van der Waals surface area (Å²) in [7, 11) is -6.91. The predicted octanol–water partition coefficient (Wildman–Crippen LogP) is 0.358. The van der Waals surface area contributed by atoms with E-state index in [-0.39, 0.29) is 36.1 Å². The second-order valence-corrected chi connectivity index (χ2v) is 9.88. The summed E-state index contributed by atoms with van der Waals surface area (Å²) in [6.07, 6.45) is 0.305. The lowest BCUT2D eigenvalue weighted by molar-refractivity contribution is 0.282. The van der Waals surface area contributed by atoms with Crippen molar-refractivity contribution >= 4 is 31.2 Å². The van der Waals surface area contributed by atoms with Gasteiger partial charge in [0.05, 0.1) is 23.0 Å². The maximum atomic E-state index is 12.6. The fraction of sp³-hybridized carbons (Fsp3) is 0.636. The molecule has 1 aliphatic rings. The van der Waals surface area contributed by atoms with Crippen LogP contribution in [0.25, 0.3) is 0 Å². The van der Waals surface area contributed by atoms with E-state index in [1.807, 2.05) is 0 Å². The molecule has 1 N–H and O–H groups in total. The Morgan fingerprint density at radius 2 is 2.05 bits per heavy atom. The van der Waals surface area contributed by atoms with Gasteiger partial charge in [-0.3, -0.25) is 0 Å². The summed E-state index contributed by atoms with van der Waals surface area (Å²) in [6, 6.07) is 0. The van der Waals surface area contributed by atoms with Crippen molar-refractivity contribution in [2.75, 3.05) is 24.6 Å². The third-order valence-corrected chi connectivity index (χ3v) is 8.31. The molecule has 1 aromatic heterocycles. The van der Waals surface area contributed by atoms with Crippen LogP contribution in [0.15, 0.2) is 10.3 Å². The van der Waals surface area contributed by atoms with Gasteiger partial charge in [-0.2, -0.15) is 4.31 Å². The Morgan fingerprint density at radius 3 is 2.70 bits per heavy atom. The lowest BCUT2D eigenvalue weighted by Crippen LogP contribution is -2.34. The molecule has 0 unspecified atom stereocenters. The monoisotopic (exact) mass is 339 g/mol. The molecular weight excluding hydrogens is 322 g/mol. The fourth-order valence-electron chi connectivity index (χ4n) is 2.23. The van der Waals surface area contributed by atoms with Crippen LogP contribution in [0, 0.1) is 6.92 Å². The van der Waals surface area contributed by atoms with Gasteiger partial charge >= 0.3 is 0 Å². The molecule has 1 aromatic rings. The van der Waals surface area contributed by atoms with Crippen LogP contribution in [-0.2, 0) is 26.5 Å². The van der Waals surface area contributed by atoms with E-state index in [1.54, 1.807) is 12.3 Å². The van der Waals surface area contributed by atoms with E-state index in [0.717, 1.165) is 0 Å². The highest BCUT2D eigenvalue weighted by Gasteiger charge is 2.32. The lowest BCUT2D eigenvalue weighted by atomic mass is 10.3. The molecule has 6 nitrogen and oxygen atoms in total. The zero-order valence-electron chi connectivity index (χ0n) is 11.1. The number of sulfonamides is 1. The average molecular weight is 339 g/mol. The van der Waals surface area contributed by atoms with Crippen LogP contribution in [0.3, 0.4) is 0 Å². The number of thiophene rings is 1. The predicted molar refractivity (Wildman–Crippen MR) is 77.0 cm³/mol. The van der Waals surface area contributed by atoms with Gasteiger partial charge in [-0.15, -0.1) is 11.3 Å². The normalized spacial score (nSPS) is 20.7. The summed E-state index contributed by atoms with van der Waals surface area (Å²) >= 11 is 1.20. The van der Waals surface area contributed by atoms with Crippen molar-refractivity contribution in [2.24, 2.45) is 0 Å². The first-order valence-corrected chi connectivity index (χ1v) is 10.3. The summed E-state index contributed by atoms with van der Waals surface area (Å²) < 4.78 is 49.6. The molecule has 1 fully saturated rings. The number of aliphatic hydroxyl groups excluding tert-OH is 1. The minimum absolute atomic E-state index is 0.0223. The second-order valence-electron chi connectivity index (χ2n) is 4.74. The molecule has 0 bridgehead atoms. The number of aryl methyl sites for hydroxylation is 1. The number of nitrogens with zero attached hydrogens (tertiary/aromatic N) is 1. The maximum Gasteiger partial charge on any atom is 0.244 e. The van der Waals surface area contributed by atoms with Crippen molar-refractivity contribution in [3.63, 3.8) is 0 Å². The molecule has 1 saturated heterocycles. The van der Waals surface area contributed by atoms with Crippen LogP contribution in [0.1, 0.15) is 16.9 Å². The van der Waals surface area contributed by atoms with Crippen molar-refractivity contribution in [3.8, 4) is 0 Å². The molecule has 0 saturated carbocycles. The Balaban J connectivity index is 2.37. The molecule has 2 heterocycles. The summed E-state index contributed by atoms with van der Waals surface area (Å²) in [5, 5.41) is 11.0. The summed E-state index contributed by atoms with van der Waals surface area (Å²) in [5.74, 6) is -0.127.